The summed E-state index contributed by atoms with van der Waals surface area (Å²) in [4.78, 5) is 7.32. The Balaban J connectivity index is 0.846. The molecule has 13 rings (SSSR count). The third-order valence-electron chi connectivity index (χ3n) is 21.7. The van der Waals surface area contributed by atoms with Crippen molar-refractivity contribution >= 4 is 69.4 Å². The molecule has 0 aliphatic heterocycles. The van der Waals surface area contributed by atoms with Crippen molar-refractivity contribution in [3.8, 4) is 33.4 Å². The van der Waals surface area contributed by atoms with Gasteiger partial charge in [0.05, 0.1) is 0 Å². The van der Waals surface area contributed by atoms with Crippen molar-refractivity contribution in [1.82, 2.24) is 0 Å². The van der Waals surface area contributed by atoms with E-state index < -0.39 is 0 Å². The van der Waals surface area contributed by atoms with Gasteiger partial charge in [0.2, 0.25) is 0 Å². The van der Waals surface area contributed by atoms with Crippen molar-refractivity contribution in [2.24, 2.45) is 0 Å². The highest BCUT2D eigenvalue weighted by atomic mass is 15.2. The van der Waals surface area contributed by atoms with Crippen molar-refractivity contribution in [3.05, 3.63) is 312 Å². The van der Waals surface area contributed by atoms with Gasteiger partial charge in [-0.05, 0) is 214 Å². The fraction of sp³-hybridized carbons (Fsp3) is 0.278. The van der Waals surface area contributed by atoms with E-state index in [-0.39, 0.29) is 10.8 Å². The van der Waals surface area contributed by atoms with Crippen LogP contribution in [0.3, 0.4) is 0 Å². The first-order valence-corrected chi connectivity index (χ1v) is 38.2. The average Bonchev–Trinajstić information content (AvgIpc) is 1.57. The van der Waals surface area contributed by atoms with Crippen LogP contribution in [-0.2, 0) is 10.8 Å². The van der Waals surface area contributed by atoms with Crippen LogP contribution in [0.25, 0.3) is 51.6 Å². The van der Waals surface area contributed by atoms with E-state index >= 15 is 0 Å². The van der Waals surface area contributed by atoms with Crippen molar-refractivity contribution in [3.63, 3.8) is 0 Å². The first kappa shape index (κ1) is 68.8. The Morgan fingerprint density at radius 3 is 0.840 bits per heavy atom. The van der Waals surface area contributed by atoms with Crippen LogP contribution in [0.15, 0.2) is 273 Å². The van der Waals surface area contributed by atoms with Gasteiger partial charge in [-0.2, -0.15) is 0 Å². The van der Waals surface area contributed by atoms with Gasteiger partial charge in [-0.3, -0.25) is 0 Å². The maximum absolute atomic E-state index is 2.59. The Bertz CT molecular complexity index is 4400. The Kier molecular flexibility index (Phi) is 22.7. The zero-order valence-corrected chi connectivity index (χ0v) is 60.2. The van der Waals surface area contributed by atoms with Gasteiger partial charge >= 0.3 is 0 Å². The van der Waals surface area contributed by atoms with Crippen molar-refractivity contribution in [2.45, 2.75) is 174 Å². The Labute approximate surface area is 599 Å². The first-order valence-electron chi connectivity index (χ1n) is 38.2. The highest BCUT2D eigenvalue weighted by Gasteiger charge is 2.44. The Morgan fingerprint density at radius 1 is 0.240 bits per heavy atom. The molecule has 0 bridgehead atoms. The molecule has 0 amide bonds. The fourth-order valence-corrected chi connectivity index (χ4v) is 16.6. The summed E-state index contributed by atoms with van der Waals surface area (Å²) in [5.41, 5.74) is 27.9. The molecule has 3 nitrogen and oxygen atoms in total. The van der Waals surface area contributed by atoms with Crippen LogP contribution in [0.4, 0.5) is 51.2 Å². The number of para-hydroxylation sites is 2. The molecule has 0 unspecified atom stereocenters. The van der Waals surface area contributed by atoms with Crippen molar-refractivity contribution in [1.29, 1.82) is 0 Å². The molecular formula is C97H103N3. The van der Waals surface area contributed by atoms with Crippen LogP contribution < -0.4 is 14.7 Å². The van der Waals surface area contributed by atoms with Crippen molar-refractivity contribution < 1.29 is 0 Å². The van der Waals surface area contributed by atoms with Gasteiger partial charge < -0.3 is 14.7 Å². The topological polar surface area (TPSA) is 9.72 Å². The SMILES string of the molecule is C/C=C/c1ccc(N(c2ccc(-c3ccc(N(c4ccc(/C=C/c5ccc(N(c6ccccc6)c6ccccc6)cc5)cc4)c4ccc5c(c4)C(CCCCCC)(CCCCCC)c4ccccc4-5)cc3)cc2)c2ccc3c(c2)C(CCCCCC)(CCCCCC)c2ccccc2-3)cc1. The lowest BCUT2D eigenvalue weighted by Crippen LogP contribution is -2.26. The number of hydrogen-bond donors (Lipinski definition) is 0. The summed E-state index contributed by atoms with van der Waals surface area (Å²) in [6.45, 7) is 11.4. The zero-order chi connectivity index (χ0) is 68.5. The average molecular weight is 1310 g/mol. The molecule has 0 aromatic heterocycles. The summed E-state index contributed by atoms with van der Waals surface area (Å²) in [5, 5.41) is 0. The van der Waals surface area contributed by atoms with Gasteiger partial charge in [-0.15, -0.1) is 0 Å². The van der Waals surface area contributed by atoms with Crippen LogP contribution in [0, 0.1) is 0 Å². The number of fused-ring (bicyclic) bond motifs is 6. The quantitative estimate of drug-likeness (QED) is 0.0300. The van der Waals surface area contributed by atoms with Crippen LogP contribution in [-0.4, -0.2) is 0 Å². The molecule has 3 heteroatoms. The van der Waals surface area contributed by atoms with E-state index in [2.05, 4.69) is 341 Å². The van der Waals surface area contributed by atoms with Crippen LogP contribution in [0.1, 0.15) is 202 Å². The van der Waals surface area contributed by atoms with Crippen LogP contribution in [0.5, 0.6) is 0 Å². The smallest absolute Gasteiger partial charge is 0.0465 e. The summed E-state index contributed by atoms with van der Waals surface area (Å²) in [7, 11) is 0. The summed E-state index contributed by atoms with van der Waals surface area (Å²) >= 11 is 0. The standard InChI is InChI=1S/C97H103N3/c1-6-11-15-29-68-96(69-30-16-12-7-2)92-40-27-25-38-88(92)90-66-64-86(72-94(90)96)99(82-54-44-74(33-10-5)45-55-82)84-60-50-77(51-61-84)78-52-62-85(63-53-78)100(87-65-67-91-89-39-26-28-41-93(89)97(95(91)73-87,70-31-17-13-8-3)71-32-18-14-9-4)83-58-48-76(49-59-83)43-42-75-46-56-81(57-47-75)98(79-34-21-19-22-35-79)80-36-23-20-24-37-80/h10,19-28,33-67,72-73H,6-9,11-18,29-32,68-71H2,1-5H3/b33-10+,43-42+. The number of benzene rings is 11. The summed E-state index contributed by atoms with van der Waals surface area (Å²) in [6, 6.07) is 101. The zero-order valence-electron chi connectivity index (χ0n) is 60.2. The lowest BCUT2D eigenvalue weighted by molar-refractivity contribution is 0.401. The van der Waals surface area contributed by atoms with Crippen LogP contribution >= 0.6 is 0 Å². The molecule has 506 valence electrons. The molecule has 0 heterocycles. The third-order valence-corrected chi connectivity index (χ3v) is 21.7. The van der Waals surface area contributed by atoms with Crippen molar-refractivity contribution in [2.75, 3.05) is 14.7 Å². The lowest BCUT2D eigenvalue weighted by atomic mass is 9.70. The molecule has 0 spiro atoms. The summed E-state index contributed by atoms with van der Waals surface area (Å²) in [6.07, 6.45) is 33.7. The van der Waals surface area contributed by atoms with E-state index in [9.17, 15) is 0 Å². The predicted octanol–water partition coefficient (Wildman–Crippen LogP) is 29.4. The second-order valence-electron chi connectivity index (χ2n) is 28.3. The number of nitrogens with zero attached hydrogens (tertiary/aromatic N) is 3. The number of allylic oxidation sites excluding steroid dienone is 1. The number of unbranched alkanes of at least 4 members (excludes halogenated alkanes) is 12. The normalized spacial score (nSPS) is 13.1. The van der Waals surface area contributed by atoms with E-state index in [0.29, 0.717) is 0 Å². The minimum atomic E-state index is -0.0382. The predicted molar refractivity (Wildman–Crippen MR) is 433 cm³/mol. The maximum atomic E-state index is 2.59. The molecule has 0 saturated heterocycles. The molecule has 0 saturated carbocycles. The largest absolute Gasteiger partial charge is 0.311 e. The molecule has 11 aromatic carbocycles. The van der Waals surface area contributed by atoms with E-state index in [0.717, 1.165) is 50.9 Å². The number of anilines is 9. The Hall–Kier alpha value is -9.70. The molecular weight excluding hydrogens is 1210 g/mol. The highest BCUT2D eigenvalue weighted by molar-refractivity contribution is 5.89. The highest BCUT2D eigenvalue weighted by Crippen LogP contribution is 2.58. The summed E-state index contributed by atoms with van der Waals surface area (Å²) < 4.78 is 0. The third kappa shape index (κ3) is 14.9. The van der Waals surface area contributed by atoms with E-state index in [1.165, 1.54) is 201 Å². The molecule has 0 atom stereocenters. The molecule has 2 aliphatic rings. The molecule has 11 aromatic rings. The number of rotatable bonds is 33. The maximum Gasteiger partial charge on any atom is 0.0465 e. The molecule has 0 fully saturated rings. The number of hydrogen-bond acceptors (Lipinski definition) is 3. The van der Waals surface area contributed by atoms with E-state index in [4.69, 9.17) is 0 Å². The monoisotopic (exact) mass is 1310 g/mol. The van der Waals surface area contributed by atoms with E-state index in [1.807, 2.05) is 0 Å². The van der Waals surface area contributed by atoms with Gasteiger partial charge in [0.15, 0.2) is 0 Å². The summed E-state index contributed by atoms with van der Waals surface area (Å²) in [5.74, 6) is 0. The van der Waals surface area contributed by atoms with Gasteiger partial charge in [0.1, 0.15) is 0 Å². The van der Waals surface area contributed by atoms with Gasteiger partial charge in [-0.1, -0.05) is 312 Å². The van der Waals surface area contributed by atoms with E-state index in [1.54, 1.807) is 0 Å². The first-order chi connectivity index (χ1) is 49.4. The fourth-order valence-electron chi connectivity index (χ4n) is 16.6. The Morgan fingerprint density at radius 2 is 0.510 bits per heavy atom. The second-order valence-corrected chi connectivity index (χ2v) is 28.3. The van der Waals surface area contributed by atoms with Crippen LogP contribution in [0.2, 0.25) is 0 Å². The minimum absolute atomic E-state index is 0.0130. The molecule has 0 radical (unpaired) electrons. The minimum Gasteiger partial charge on any atom is -0.311 e. The van der Waals surface area contributed by atoms with Gasteiger partial charge in [-0.25, -0.2) is 0 Å². The molecule has 100 heavy (non-hydrogen) atoms. The van der Waals surface area contributed by atoms with Gasteiger partial charge in [0.25, 0.3) is 0 Å². The lowest BCUT2D eigenvalue weighted by Gasteiger charge is -2.34. The molecule has 0 N–H and O–H groups in total. The van der Waals surface area contributed by atoms with Gasteiger partial charge in [0, 0.05) is 62.0 Å². The second kappa shape index (κ2) is 33.0. The molecule has 2 aliphatic carbocycles.